The van der Waals surface area contributed by atoms with Crippen molar-refractivity contribution in [3.05, 3.63) is 156 Å². The molecule has 0 saturated carbocycles. The molecule has 2 heterocycles. The Labute approximate surface area is 255 Å². The van der Waals surface area contributed by atoms with Gasteiger partial charge in [0.05, 0.1) is 33.5 Å². The second-order valence-electron chi connectivity index (χ2n) is 11.5. The number of benzene rings is 6. The van der Waals surface area contributed by atoms with Gasteiger partial charge in [0.1, 0.15) is 0 Å². The number of anilines is 1. The fourth-order valence-electron chi connectivity index (χ4n) is 6.84. The molecule has 4 nitrogen and oxygen atoms in total. The van der Waals surface area contributed by atoms with E-state index < -0.39 is 0 Å². The summed E-state index contributed by atoms with van der Waals surface area (Å²) < 4.78 is 2.17. The van der Waals surface area contributed by atoms with E-state index in [0.29, 0.717) is 22.5 Å². The quantitative estimate of drug-likeness (QED) is 0.198. The third-order valence-electron chi connectivity index (χ3n) is 8.59. The molecule has 0 spiro atoms. The van der Waals surface area contributed by atoms with Gasteiger partial charge in [0.15, 0.2) is 0 Å². The van der Waals surface area contributed by atoms with Crippen LogP contribution in [0.15, 0.2) is 133 Å². The van der Waals surface area contributed by atoms with Crippen LogP contribution in [0.1, 0.15) is 31.8 Å². The normalized spacial score (nSPS) is 12.8. The van der Waals surface area contributed by atoms with Gasteiger partial charge in [-0.2, -0.15) is 0 Å². The summed E-state index contributed by atoms with van der Waals surface area (Å²) in [5, 5.41) is 2.19. The molecule has 44 heavy (non-hydrogen) atoms. The SMILES string of the molecule is Cc1cc(C)cc(-c2cccc3c4ccccc4n(-c4cccc5c4C(=O)N(c4ccccc4-c4ccccc4)C5=O)c23)c1. The zero-order chi connectivity index (χ0) is 29.9. The summed E-state index contributed by atoms with van der Waals surface area (Å²) >= 11 is 0. The minimum absolute atomic E-state index is 0.314. The zero-order valence-corrected chi connectivity index (χ0v) is 24.4. The van der Waals surface area contributed by atoms with E-state index in [1.165, 1.54) is 16.0 Å². The first kappa shape index (κ1) is 25.9. The van der Waals surface area contributed by atoms with Gasteiger partial charge in [-0.1, -0.05) is 120 Å². The first-order valence-corrected chi connectivity index (χ1v) is 14.8. The molecule has 8 rings (SSSR count). The van der Waals surface area contributed by atoms with E-state index in [-0.39, 0.29) is 11.8 Å². The van der Waals surface area contributed by atoms with Crippen LogP contribution >= 0.6 is 0 Å². The minimum Gasteiger partial charge on any atom is -0.308 e. The molecule has 2 amide bonds. The summed E-state index contributed by atoms with van der Waals surface area (Å²) in [6, 6.07) is 44.3. The maximum atomic E-state index is 14.5. The highest BCUT2D eigenvalue weighted by Gasteiger charge is 2.40. The number of nitrogens with zero attached hydrogens (tertiary/aromatic N) is 2. The molecule has 0 saturated heterocycles. The molecule has 0 unspecified atom stereocenters. The van der Waals surface area contributed by atoms with Crippen LogP contribution in [0.4, 0.5) is 5.69 Å². The summed E-state index contributed by atoms with van der Waals surface area (Å²) in [4.78, 5) is 30.0. The van der Waals surface area contributed by atoms with Crippen LogP contribution in [0.25, 0.3) is 49.7 Å². The Morgan fingerprint density at radius 1 is 0.477 bits per heavy atom. The number of fused-ring (bicyclic) bond motifs is 4. The number of hydrogen-bond acceptors (Lipinski definition) is 2. The molecule has 1 aromatic heterocycles. The number of amides is 2. The Morgan fingerprint density at radius 2 is 1.09 bits per heavy atom. The molecular weight excluding hydrogens is 540 g/mol. The molecule has 0 radical (unpaired) electrons. The van der Waals surface area contributed by atoms with Crippen molar-refractivity contribution in [2.75, 3.05) is 4.90 Å². The molecule has 0 aliphatic carbocycles. The third-order valence-corrected chi connectivity index (χ3v) is 8.59. The number of carbonyl (C=O) groups is 2. The number of hydrogen-bond donors (Lipinski definition) is 0. The van der Waals surface area contributed by atoms with Gasteiger partial charge in [0.2, 0.25) is 0 Å². The lowest BCUT2D eigenvalue weighted by atomic mass is 9.98. The highest BCUT2D eigenvalue weighted by molar-refractivity contribution is 6.36. The first-order chi connectivity index (χ1) is 21.5. The summed E-state index contributed by atoms with van der Waals surface area (Å²) in [5.74, 6) is -0.635. The molecule has 0 N–H and O–H groups in total. The summed E-state index contributed by atoms with van der Waals surface area (Å²) in [5.41, 5.74) is 10.4. The van der Waals surface area contributed by atoms with Gasteiger partial charge in [0, 0.05) is 21.9 Å². The van der Waals surface area contributed by atoms with E-state index in [0.717, 1.165) is 44.1 Å². The van der Waals surface area contributed by atoms with Gasteiger partial charge < -0.3 is 4.57 Å². The van der Waals surface area contributed by atoms with Gasteiger partial charge in [-0.25, -0.2) is 4.90 Å². The number of carbonyl (C=O) groups excluding carboxylic acids is 2. The van der Waals surface area contributed by atoms with E-state index in [4.69, 9.17) is 0 Å². The number of aromatic nitrogens is 1. The maximum Gasteiger partial charge on any atom is 0.268 e. The second kappa shape index (κ2) is 9.92. The van der Waals surface area contributed by atoms with E-state index in [1.807, 2.05) is 78.9 Å². The van der Waals surface area contributed by atoms with E-state index >= 15 is 0 Å². The highest BCUT2D eigenvalue weighted by atomic mass is 16.2. The summed E-state index contributed by atoms with van der Waals surface area (Å²) in [7, 11) is 0. The van der Waals surface area contributed by atoms with E-state index in [1.54, 1.807) is 6.07 Å². The monoisotopic (exact) mass is 568 g/mol. The van der Waals surface area contributed by atoms with Crippen molar-refractivity contribution in [3.63, 3.8) is 0 Å². The molecule has 1 aliphatic heterocycles. The van der Waals surface area contributed by atoms with Crippen molar-refractivity contribution in [3.8, 4) is 27.9 Å². The minimum atomic E-state index is -0.321. The highest BCUT2D eigenvalue weighted by Crippen LogP contribution is 2.42. The zero-order valence-electron chi connectivity index (χ0n) is 24.4. The van der Waals surface area contributed by atoms with Crippen molar-refractivity contribution in [2.24, 2.45) is 0 Å². The molecule has 0 fully saturated rings. The average Bonchev–Trinajstić information content (AvgIpc) is 3.52. The molecule has 4 heteroatoms. The van der Waals surface area contributed by atoms with Gasteiger partial charge in [0.25, 0.3) is 11.8 Å². The predicted octanol–water partition coefficient (Wildman–Crippen LogP) is 9.54. The average molecular weight is 569 g/mol. The molecular formula is C40H28N2O2. The Hall–Kier alpha value is -5.74. The maximum absolute atomic E-state index is 14.5. The molecule has 0 atom stereocenters. The number of aryl methyl sites for hydroxylation is 2. The van der Waals surface area contributed by atoms with Crippen LogP contribution in [0.3, 0.4) is 0 Å². The Kier molecular flexibility index (Phi) is 5.85. The summed E-state index contributed by atoms with van der Waals surface area (Å²) in [6.45, 7) is 4.23. The van der Waals surface area contributed by atoms with Gasteiger partial charge in [-0.15, -0.1) is 0 Å². The van der Waals surface area contributed by atoms with Crippen LogP contribution in [-0.4, -0.2) is 16.4 Å². The van der Waals surface area contributed by atoms with Crippen LogP contribution in [0.2, 0.25) is 0 Å². The first-order valence-electron chi connectivity index (χ1n) is 14.8. The molecule has 1 aliphatic rings. The van der Waals surface area contributed by atoms with Crippen LogP contribution in [0.5, 0.6) is 0 Å². The molecule has 210 valence electrons. The van der Waals surface area contributed by atoms with Gasteiger partial charge in [-0.3, -0.25) is 9.59 Å². The smallest absolute Gasteiger partial charge is 0.268 e. The fraction of sp³-hybridized carbons (Fsp3) is 0.0500. The number of rotatable bonds is 4. The van der Waals surface area contributed by atoms with Gasteiger partial charge >= 0.3 is 0 Å². The lowest BCUT2D eigenvalue weighted by Gasteiger charge is -2.19. The number of para-hydroxylation sites is 3. The Bertz CT molecular complexity index is 2270. The summed E-state index contributed by atoms with van der Waals surface area (Å²) in [6.07, 6.45) is 0. The van der Waals surface area contributed by atoms with Crippen molar-refractivity contribution in [1.29, 1.82) is 0 Å². The standard InChI is InChI=1S/C40H28N2O2/c1-25-22-26(2)24-28(23-25)30-16-10-17-32-31-15-7-9-20-35(31)41(38(30)32)36-21-11-18-33-37(36)40(44)42(39(33)43)34-19-8-6-14-29(34)27-12-4-3-5-13-27/h3-24H,1-2H3. The Morgan fingerprint density at radius 3 is 1.91 bits per heavy atom. The van der Waals surface area contributed by atoms with Crippen molar-refractivity contribution >= 4 is 39.3 Å². The van der Waals surface area contributed by atoms with Crippen molar-refractivity contribution < 1.29 is 9.59 Å². The fourth-order valence-corrected chi connectivity index (χ4v) is 6.84. The topological polar surface area (TPSA) is 42.3 Å². The molecule has 6 aromatic carbocycles. The predicted molar refractivity (Wildman–Crippen MR) is 179 cm³/mol. The van der Waals surface area contributed by atoms with E-state index in [9.17, 15) is 9.59 Å². The third kappa shape index (κ3) is 3.85. The van der Waals surface area contributed by atoms with Gasteiger partial charge in [-0.05, 0) is 49.2 Å². The van der Waals surface area contributed by atoms with Crippen LogP contribution in [-0.2, 0) is 0 Å². The second-order valence-corrected chi connectivity index (χ2v) is 11.5. The van der Waals surface area contributed by atoms with Crippen molar-refractivity contribution in [2.45, 2.75) is 13.8 Å². The Balaban J connectivity index is 1.40. The largest absolute Gasteiger partial charge is 0.308 e. The lowest BCUT2D eigenvalue weighted by Crippen LogP contribution is -2.30. The molecule has 0 bridgehead atoms. The van der Waals surface area contributed by atoms with Crippen molar-refractivity contribution in [1.82, 2.24) is 4.57 Å². The van der Waals surface area contributed by atoms with E-state index in [2.05, 4.69) is 66.9 Å². The number of imide groups is 1. The van der Waals surface area contributed by atoms with Crippen LogP contribution in [0, 0.1) is 13.8 Å². The molecule has 7 aromatic rings. The van der Waals surface area contributed by atoms with Crippen LogP contribution < -0.4 is 4.90 Å². The lowest BCUT2D eigenvalue weighted by molar-refractivity contribution is 0.0926.